The summed E-state index contributed by atoms with van der Waals surface area (Å²) in [7, 11) is 1.58. The smallest absolute Gasteiger partial charge is 0.210 e. The molecule has 1 aliphatic heterocycles. The molecule has 0 bridgehead atoms. The number of aryl methyl sites for hydroxylation is 1. The summed E-state index contributed by atoms with van der Waals surface area (Å²) in [5, 5.41) is 9.92. The predicted octanol–water partition coefficient (Wildman–Crippen LogP) is 5.86. The van der Waals surface area contributed by atoms with Gasteiger partial charge >= 0.3 is 0 Å². The van der Waals surface area contributed by atoms with E-state index < -0.39 is 11.7 Å². The number of benzene rings is 3. The van der Waals surface area contributed by atoms with Gasteiger partial charge in [0.2, 0.25) is 7.28 Å². The van der Waals surface area contributed by atoms with Gasteiger partial charge in [0.25, 0.3) is 0 Å². The first-order valence-corrected chi connectivity index (χ1v) is 12.9. The highest BCUT2D eigenvalue weighted by Gasteiger charge is 2.32. The average Bonchev–Trinajstić information content (AvgIpc) is 3.47. The highest BCUT2D eigenvalue weighted by atomic mass is 19.1. The number of rotatable bonds is 10. The topological polar surface area (TPSA) is 74.2 Å². The maximum Gasteiger partial charge on any atom is 0.210 e. The predicted molar refractivity (Wildman–Crippen MR) is 143 cm³/mol. The molecule has 2 aliphatic rings. The SMILES string of the molecule is Cc1ccc(OCCC(C)(C)O)cc1Oc1ccc(F)c2c1CCC2Oc1ccc2c(c1)OCC2[B]C=O. The van der Waals surface area contributed by atoms with Crippen LogP contribution in [-0.4, -0.2) is 37.4 Å². The van der Waals surface area contributed by atoms with Crippen LogP contribution < -0.4 is 18.9 Å². The van der Waals surface area contributed by atoms with Gasteiger partial charge in [0.15, 0.2) is 0 Å². The quantitative estimate of drug-likeness (QED) is 0.268. The number of fused-ring (bicyclic) bond motifs is 2. The Balaban J connectivity index is 1.33. The van der Waals surface area contributed by atoms with Gasteiger partial charge in [-0.25, -0.2) is 4.39 Å². The van der Waals surface area contributed by atoms with Gasteiger partial charge in [0, 0.05) is 35.5 Å². The summed E-state index contributed by atoms with van der Waals surface area (Å²) in [5.74, 6) is 2.74. The summed E-state index contributed by atoms with van der Waals surface area (Å²) in [4.78, 5) is 10.9. The molecule has 0 saturated carbocycles. The van der Waals surface area contributed by atoms with Crippen LogP contribution in [0, 0.1) is 12.7 Å². The van der Waals surface area contributed by atoms with E-state index in [0.717, 1.165) is 22.9 Å². The maximum atomic E-state index is 15.1. The van der Waals surface area contributed by atoms with Crippen molar-refractivity contribution in [3.8, 4) is 28.7 Å². The molecule has 0 fully saturated rings. The lowest BCUT2D eigenvalue weighted by Gasteiger charge is -2.19. The minimum Gasteiger partial charge on any atom is -0.493 e. The van der Waals surface area contributed by atoms with E-state index >= 15 is 4.39 Å². The van der Waals surface area contributed by atoms with Crippen molar-refractivity contribution in [3.05, 3.63) is 76.6 Å². The first kappa shape index (κ1) is 26.1. The van der Waals surface area contributed by atoms with Gasteiger partial charge in [0.05, 0.1) is 25.0 Å². The van der Waals surface area contributed by atoms with Gasteiger partial charge in [-0.15, -0.1) is 0 Å². The minimum absolute atomic E-state index is 0.0604. The summed E-state index contributed by atoms with van der Waals surface area (Å²) < 4.78 is 39.1. The average molecular weight is 517 g/mol. The Labute approximate surface area is 222 Å². The fourth-order valence-corrected chi connectivity index (χ4v) is 4.88. The molecule has 5 rings (SSSR count). The van der Waals surface area contributed by atoms with E-state index in [1.165, 1.54) is 6.07 Å². The highest BCUT2D eigenvalue weighted by Crippen LogP contribution is 2.44. The summed E-state index contributed by atoms with van der Waals surface area (Å²) >= 11 is 0. The molecule has 2 unspecified atom stereocenters. The second-order valence-electron chi connectivity index (χ2n) is 10.5. The number of halogens is 1. The lowest BCUT2D eigenvalue weighted by Crippen LogP contribution is -2.21. The zero-order chi connectivity index (χ0) is 26.9. The monoisotopic (exact) mass is 517 g/mol. The van der Waals surface area contributed by atoms with Crippen LogP contribution in [0.25, 0.3) is 0 Å². The zero-order valence-electron chi connectivity index (χ0n) is 21.8. The van der Waals surface area contributed by atoms with Crippen LogP contribution in [0.1, 0.15) is 60.9 Å². The highest BCUT2D eigenvalue weighted by molar-refractivity contribution is 6.68. The minimum atomic E-state index is -0.804. The Hall–Kier alpha value is -3.52. The van der Waals surface area contributed by atoms with Crippen molar-refractivity contribution < 1.29 is 33.2 Å². The maximum absolute atomic E-state index is 15.1. The van der Waals surface area contributed by atoms with Crippen molar-refractivity contribution in [1.29, 1.82) is 0 Å². The van der Waals surface area contributed by atoms with E-state index in [1.807, 2.05) is 37.3 Å². The third kappa shape index (κ3) is 5.65. The molecule has 6 nitrogen and oxygen atoms in total. The van der Waals surface area contributed by atoms with Crippen LogP contribution in [0.5, 0.6) is 28.7 Å². The van der Waals surface area contributed by atoms with Crippen molar-refractivity contribution in [2.75, 3.05) is 13.2 Å². The summed E-state index contributed by atoms with van der Waals surface area (Å²) in [6.07, 6.45) is 2.06. The van der Waals surface area contributed by atoms with Gasteiger partial charge in [-0.3, -0.25) is 0 Å². The van der Waals surface area contributed by atoms with E-state index in [1.54, 1.807) is 33.3 Å². The lowest BCUT2D eigenvalue weighted by molar-refractivity contribution is 0.0553. The molecule has 1 N–H and O–H groups in total. The van der Waals surface area contributed by atoms with Gasteiger partial charge in [-0.05, 0) is 69.0 Å². The van der Waals surface area contributed by atoms with Gasteiger partial charge < -0.3 is 28.8 Å². The third-order valence-corrected chi connectivity index (χ3v) is 6.99. The molecule has 0 saturated heterocycles. The first-order chi connectivity index (χ1) is 18.2. The molecule has 3 aromatic carbocycles. The molecule has 1 radical (unpaired) electrons. The second kappa shape index (κ2) is 10.7. The van der Waals surface area contributed by atoms with Crippen LogP contribution in [0.3, 0.4) is 0 Å². The van der Waals surface area contributed by atoms with E-state index in [4.69, 9.17) is 18.9 Å². The van der Waals surface area contributed by atoms with E-state index in [0.29, 0.717) is 66.8 Å². The van der Waals surface area contributed by atoms with Gasteiger partial charge in [0.1, 0.15) is 40.7 Å². The molecule has 1 heterocycles. The van der Waals surface area contributed by atoms with Gasteiger partial charge in [-0.1, -0.05) is 12.1 Å². The third-order valence-electron chi connectivity index (χ3n) is 6.99. The van der Waals surface area contributed by atoms with Crippen molar-refractivity contribution >= 4 is 13.5 Å². The molecule has 38 heavy (non-hydrogen) atoms. The molecule has 197 valence electrons. The Morgan fingerprint density at radius 2 is 1.95 bits per heavy atom. The van der Waals surface area contributed by atoms with Crippen molar-refractivity contribution in [2.45, 2.75) is 57.6 Å². The van der Waals surface area contributed by atoms with E-state index in [9.17, 15) is 9.90 Å². The normalized spacial score (nSPS) is 17.8. The number of ether oxygens (including phenoxy) is 4. The fourth-order valence-electron chi connectivity index (χ4n) is 4.88. The molecule has 0 spiro atoms. The zero-order valence-corrected chi connectivity index (χ0v) is 21.8. The summed E-state index contributed by atoms with van der Waals surface area (Å²) in [6, 6.07) is 14.2. The molecule has 0 aromatic heterocycles. The second-order valence-corrected chi connectivity index (χ2v) is 10.5. The number of carbonyl (C=O) groups excluding carboxylic acids is 1. The van der Waals surface area contributed by atoms with Crippen molar-refractivity contribution in [3.63, 3.8) is 0 Å². The van der Waals surface area contributed by atoms with Crippen LogP contribution in [0.15, 0.2) is 48.5 Å². The van der Waals surface area contributed by atoms with Crippen molar-refractivity contribution in [2.24, 2.45) is 0 Å². The number of hydrogen-bond acceptors (Lipinski definition) is 6. The molecule has 0 amide bonds. The van der Waals surface area contributed by atoms with Crippen molar-refractivity contribution in [1.82, 2.24) is 0 Å². The molecular weight excluding hydrogens is 486 g/mol. The summed E-state index contributed by atoms with van der Waals surface area (Å²) in [6.45, 7) is 6.23. The Bertz CT molecular complexity index is 1340. The standard InChI is InChI=1S/C30H31BFO6/c1-18-4-5-19(35-13-12-30(2,3)34)14-27(18)38-25-11-9-24(32)29-22(25)8-10-26(29)37-20-6-7-21-23(31-17-33)16-36-28(21)15-20/h4-7,9,11,14-15,17,23,26,34H,8,10,12-13,16H2,1-3H3. The molecule has 8 heteroatoms. The number of carbonyl (C=O) groups is 1. The van der Waals surface area contributed by atoms with E-state index in [2.05, 4.69) is 0 Å². The Kier molecular flexibility index (Phi) is 7.35. The molecule has 1 aliphatic carbocycles. The fraction of sp³-hybridized carbons (Fsp3) is 0.367. The molecule has 2 atom stereocenters. The molecular formula is C30H31BFO6. The number of hydrogen-bond donors (Lipinski definition) is 1. The van der Waals surface area contributed by atoms with Crippen LogP contribution in [0.4, 0.5) is 4.39 Å². The van der Waals surface area contributed by atoms with Crippen LogP contribution in [0.2, 0.25) is 0 Å². The Morgan fingerprint density at radius 3 is 2.74 bits per heavy atom. The first-order valence-electron chi connectivity index (χ1n) is 12.9. The largest absolute Gasteiger partial charge is 0.493 e. The summed E-state index contributed by atoms with van der Waals surface area (Å²) in [5.41, 5.74) is 2.36. The van der Waals surface area contributed by atoms with Crippen LogP contribution >= 0.6 is 0 Å². The van der Waals surface area contributed by atoms with E-state index in [-0.39, 0.29) is 11.6 Å². The number of aliphatic hydroxyl groups is 1. The van der Waals surface area contributed by atoms with Gasteiger partial charge in [-0.2, -0.15) is 0 Å². The lowest BCUT2D eigenvalue weighted by atomic mass is 9.64. The van der Waals surface area contributed by atoms with Crippen LogP contribution in [-0.2, 0) is 11.2 Å². The Morgan fingerprint density at radius 1 is 1.13 bits per heavy atom. The molecule has 3 aromatic rings.